The van der Waals surface area contributed by atoms with Crippen LogP contribution in [0.25, 0.3) is 0 Å². The fraction of sp³-hybridized carbons (Fsp3) is 0.855. The van der Waals surface area contributed by atoms with Crippen LogP contribution in [0, 0.1) is 0 Å². The van der Waals surface area contributed by atoms with Gasteiger partial charge in [0, 0.05) is 0 Å². The Morgan fingerprint density at radius 1 is 0.353 bits per heavy atom. The SMILES string of the molecule is CCCCCCCCCCCCCC/C=C\CCCCCCCCCCC(O)C(=O)NC(CO)C(O)C(O)CCC/C=C/CC/C=C/CC/C=C/CCCCCCCCCCCCCCCCC. The Bertz CT molecular complexity index is 1120. The summed E-state index contributed by atoms with van der Waals surface area (Å²) >= 11 is 0. The Kier molecular flexibility index (Phi) is 54.8. The van der Waals surface area contributed by atoms with E-state index in [-0.39, 0.29) is 0 Å². The predicted molar refractivity (Wildman–Crippen MR) is 297 cm³/mol. The number of allylic oxidation sites excluding steroid dienone is 8. The predicted octanol–water partition coefficient (Wildman–Crippen LogP) is 17.8. The van der Waals surface area contributed by atoms with Gasteiger partial charge in [0.1, 0.15) is 12.2 Å². The van der Waals surface area contributed by atoms with Gasteiger partial charge in [-0.2, -0.15) is 0 Å². The van der Waals surface area contributed by atoms with E-state index >= 15 is 0 Å². The van der Waals surface area contributed by atoms with Crippen LogP contribution < -0.4 is 5.32 Å². The summed E-state index contributed by atoms with van der Waals surface area (Å²) in [6, 6.07) is -1.02. The number of hydrogen-bond donors (Lipinski definition) is 5. The molecule has 0 bridgehead atoms. The highest BCUT2D eigenvalue weighted by Crippen LogP contribution is 2.17. The number of rotatable bonds is 55. The molecule has 6 heteroatoms. The Balaban J connectivity index is 3.70. The average molecular weight is 957 g/mol. The first kappa shape index (κ1) is 66.3. The molecule has 0 aromatic rings. The van der Waals surface area contributed by atoms with Gasteiger partial charge in [0.25, 0.3) is 0 Å². The van der Waals surface area contributed by atoms with Crippen LogP contribution in [0.1, 0.15) is 309 Å². The highest BCUT2D eigenvalue weighted by atomic mass is 16.3. The van der Waals surface area contributed by atoms with Crippen molar-refractivity contribution in [1.82, 2.24) is 5.32 Å². The monoisotopic (exact) mass is 956 g/mol. The lowest BCUT2D eigenvalue weighted by atomic mass is 10.00. The van der Waals surface area contributed by atoms with Crippen molar-refractivity contribution in [2.75, 3.05) is 6.61 Å². The third-order valence-corrected chi connectivity index (χ3v) is 14.0. The summed E-state index contributed by atoms with van der Waals surface area (Å²) in [5, 5.41) is 44.0. The van der Waals surface area contributed by atoms with Crippen molar-refractivity contribution < 1.29 is 25.2 Å². The lowest BCUT2D eigenvalue weighted by Gasteiger charge is -2.27. The van der Waals surface area contributed by atoms with Gasteiger partial charge in [0.05, 0.1) is 18.8 Å². The zero-order valence-electron chi connectivity index (χ0n) is 45.4. The van der Waals surface area contributed by atoms with E-state index in [4.69, 9.17) is 0 Å². The lowest BCUT2D eigenvalue weighted by Crippen LogP contribution is -2.53. The molecular weight excluding hydrogens is 839 g/mol. The molecule has 4 atom stereocenters. The molecule has 0 radical (unpaired) electrons. The van der Waals surface area contributed by atoms with Gasteiger partial charge < -0.3 is 25.7 Å². The lowest BCUT2D eigenvalue weighted by molar-refractivity contribution is -0.132. The molecule has 0 aromatic heterocycles. The minimum absolute atomic E-state index is 0.354. The zero-order chi connectivity index (χ0) is 49.5. The first-order valence-corrected chi connectivity index (χ1v) is 30.0. The van der Waals surface area contributed by atoms with Gasteiger partial charge in [-0.3, -0.25) is 4.79 Å². The number of hydrogen-bond acceptors (Lipinski definition) is 5. The number of nitrogens with one attached hydrogen (secondary N) is 1. The topological polar surface area (TPSA) is 110 Å². The number of aliphatic hydroxyl groups is 4. The number of unbranched alkanes of at least 4 members (excludes halogenated alkanes) is 38. The average Bonchev–Trinajstić information content (AvgIpc) is 3.34. The van der Waals surface area contributed by atoms with Crippen LogP contribution in [-0.4, -0.2) is 57.3 Å². The minimum Gasteiger partial charge on any atom is -0.394 e. The van der Waals surface area contributed by atoms with Crippen molar-refractivity contribution in [2.45, 2.75) is 334 Å². The first-order chi connectivity index (χ1) is 33.5. The number of carbonyl (C=O) groups excluding carboxylic acids is 1. The Hall–Kier alpha value is -1.73. The number of aliphatic hydroxyl groups excluding tert-OH is 4. The second-order valence-corrected chi connectivity index (χ2v) is 20.7. The summed E-state index contributed by atoms with van der Waals surface area (Å²) in [5.41, 5.74) is 0. The van der Waals surface area contributed by atoms with Gasteiger partial charge in [-0.05, 0) is 89.9 Å². The summed E-state index contributed by atoms with van der Waals surface area (Å²) in [4.78, 5) is 12.6. The largest absolute Gasteiger partial charge is 0.394 e. The van der Waals surface area contributed by atoms with E-state index in [0.29, 0.717) is 19.3 Å². The molecule has 1 amide bonds. The van der Waals surface area contributed by atoms with Crippen molar-refractivity contribution in [3.63, 3.8) is 0 Å². The quantitative estimate of drug-likeness (QED) is 0.0308. The van der Waals surface area contributed by atoms with E-state index in [1.54, 1.807) is 0 Å². The highest BCUT2D eigenvalue weighted by Gasteiger charge is 2.28. The minimum atomic E-state index is -1.30. The van der Waals surface area contributed by atoms with Crippen molar-refractivity contribution in [3.05, 3.63) is 48.6 Å². The molecule has 0 saturated heterocycles. The molecule has 0 heterocycles. The summed E-state index contributed by atoms with van der Waals surface area (Å²) in [6.07, 6.45) is 71.9. The van der Waals surface area contributed by atoms with Crippen LogP contribution in [0.3, 0.4) is 0 Å². The van der Waals surface area contributed by atoms with Gasteiger partial charge in [0.2, 0.25) is 5.91 Å². The zero-order valence-corrected chi connectivity index (χ0v) is 45.4. The highest BCUT2D eigenvalue weighted by molar-refractivity contribution is 5.80. The molecule has 0 aliphatic carbocycles. The Morgan fingerprint density at radius 2 is 0.618 bits per heavy atom. The van der Waals surface area contributed by atoms with Crippen molar-refractivity contribution in [1.29, 1.82) is 0 Å². The first-order valence-electron chi connectivity index (χ1n) is 30.0. The summed E-state index contributed by atoms with van der Waals surface area (Å²) in [6.45, 7) is 4.07. The maximum absolute atomic E-state index is 12.6. The van der Waals surface area contributed by atoms with E-state index in [1.165, 1.54) is 225 Å². The van der Waals surface area contributed by atoms with Gasteiger partial charge in [-0.25, -0.2) is 0 Å². The molecule has 0 rings (SSSR count). The maximum Gasteiger partial charge on any atom is 0.249 e. The summed E-state index contributed by atoms with van der Waals surface area (Å²) in [5.74, 6) is -0.600. The van der Waals surface area contributed by atoms with E-state index < -0.39 is 36.9 Å². The van der Waals surface area contributed by atoms with Crippen LogP contribution in [0.15, 0.2) is 48.6 Å². The molecule has 68 heavy (non-hydrogen) atoms. The fourth-order valence-corrected chi connectivity index (χ4v) is 9.26. The fourth-order valence-electron chi connectivity index (χ4n) is 9.26. The second-order valence-electron chi connectivity index (χ2n) is 20.7. The molecule has 0 spiro atoms. The molecule has 0 aliphatic heterocycles. The maximum atomic E-state index is 12.6. The molecule has 400 valence electrons. The Morgan fingerprint density at radius 3 is 0.926 bits per heavy atom. The molecule has 4 unspecified atom stereocenters. The van der Waals surface area contributed by atoms with Crippen LogP contribution in [-0.2, 0) is 4.79 Å². The van der Waals surface area contributed by atoms with Gasteiger partial charge in [-0.1, -0.05) is 268 Å². The molecule has 0 aliphatic rings. The van der Waals surface area contributed by atoms with E-state index in [2.05, 4.69) is 67.8 Å². The van der Waals surface area contributed by atoms with E-state index in [9.17, 15) is 25.2 Å². The summed E-state index contributed by atoms with van der Waals surface area (Å²) < 4.78 is 0. The summed E-state index contributed by atoms with van der Waals surface area (Å²) in [7, 11) is 0. The van der Waals surface area contributed by atoms with Crippen LogP contribution in [0.5, 0.6) is 0 Å². The molecular formula is C62H117NO5. The van der Waals surface area contributed by atoms with Gasteiger partial charge in [0.15, 0.2) is 0 Å². The van der Waals surface area contributed by atoms with Gasteiger partial charge in [-0.15, -0.1) is 0 Å². The van der Waals surface area contributed by atoms with Gasteiger partial charge >= 0.3 is 0 Å². The van der Waals surface area contributed by atoms with Crippen LogP contribution >= 0.6 is 0 Å². The van der Waals surface area contributed by atoms with E-state index in [1.807, 2.05) is 0 Å². The third-order valence-electron chi connectivity index (χ3n) is 14.0. The van der Waals surface area contributed by atoms with Crippen molar-refractivity contribution in [3.8, 4) is 0 Å². The standard InChI is InChI=1S/C62H117NO5/c1-3-5-7-9-11-13-15-17-19-21-23-25-27-29-30-31-32-34-35-37-39-41-43-45-47-49-51-53-55-59(65)61(67)58(57-64)63-62(68)60(66)56-54-52-50-48-46-44-42-40-38-36-33-28-26-24-22-20-18-16-14-12-10-8-6-4-2/h32-34,36,39,41,47,49,58-61,64-67H,3-31,35,37-38,40,42-46,48,50-57H2,1-2H3,(H,63,68)/b34-32+,36-33-,41-39+,49-47+. The molecule has 0 saturated carbocycles. The molecule has 0 aromatic carbocycles. The smallest absolute Gasteiger partial charge is 0.249 e. The number of amides is 1. The van der Waals surface area contributed by atoms with Crippen LogP contribution in [0.4, 0.5) is 0 Å². The Labute approximate surface area is 423 Å². The van der Waals surface area contributed by atoms with Crippen molar-refractivity contribution >= 4 is 5.91 Å². The van der Waals surface area contributed by atoms with Crippen LogP contribution in [0.2, 0.25) is 0 Å². The third kappa shape index (κ3) is 49.3. The van der Waals surface area contributed by atoms with Crippen molar-refractivity contribution in [2.24, 2.45) is 0 Å². The molecule has 5 N–H and O–H groups in total. The number of carbonyl (C=O) groups is 1. The molecule has 0 fully saturated rings. The molecule has 6 nitrogen and oxygen atoms in total. The van der Waals surface area contributed by atoms with E-state index in [0.717, 1.165) is 51.4 Å². The second kappa shape index (κ2) is 56.2. The normalized spacial score (nSPS) is 14.0.